The van der Waals surface area contributed by atoms with E-state index in [0.717, 1.165) is 11.3 Å². The van der Waals surface area contributed by atoms with Crippen LogP contribution in [0.1, 0.15) is 29.7 Å². The summed E-state index contributed by atoms with van der Waals surface area (Å²) in [6.07, 6.45) is 0. The number of hydrogen-bond donors (Lipinski definition) is 1. The standard InChI is InChI=1S/C29H19Cl2N3O4S/c1-2-38-28(37)22-23(15-6-4-3-5-7-15)33-29-34(24(22)16-8-10-17(30)11-9-16)27(36)25(39-29)21-19-14-18(31)12-13-20(19)32-26(21)35/h3-14,24H,2H2,1H3,(H,32,35)/b25-21-/t24-/m1/s1. The highest BCUT2D eigenvalue weighted by Gasteiger charge is 2.36. The van der Waals surface area contributed by atoms with Gasteiger partial charge in [0.2, 0.25) is 0 Å². The molecule has 0 spiro atoms. The van der Waals surface area contributed by atoms with Crippen molar-refractivity contribution in [3.63, 3.8) is 0 Å². The van der Waals surface area contributed by atoms with Crippen LogP contribution in [0.2, 0.25) is 10.0 Å². The number of carbonyl (C=O) groups is 2. The molecule has 1 aromatic heterocycles. The lowest BCUT2D eigenvalue weighted by atomic mass is 9.93. The van der Waals surface area contributed by atoms with Gasteiger partial charge in [0, 0.05) is 26.9 Å². The number of benzene rings is 3. The third-order valence-electron chi connectivity index (χ3n) is 6.49. The van der Waals surface area contributed by atoms with Crippen molar-refractivity contribution in [2.24, 2.45) is 4.99 Å². The van der Waals surface area contributed by atoms with Gasteiger partial charge in [0.25, 0.3) is 11.5 Å². The Labute approximate surface area is 236 Å². The van der Waals surface area contributed by atoms with E-state index in [-0.39, 0.29) is 22.3 Å². The predicted molar refractivity (Wildman–Crippen MR) is 152 cm³/mol. The van der Waals surface area contributed by atoms with Crippen LogP contribution in [-0.4, -0.2) is 23.1 Å². The Bertz CT molecular complexity index is 1880. The smallest absolute Gasteiger partial charge is 0.338 e. The number of anilines is 1. The van der Waals surface area contributed by atoms with Crippen LogP contribution in [0.3, 0.4) is 0 Å². The van der Waals surface area contributed by atoms with E-state index in [4.69, 9.17) is 32.9 Å². The number of esters is 1. The zero-order valence-corrected chi connectivity index (χ0v) is 22.7. The van der Waals surface area contributed by atoms with Gasteiger partial charge >= 0.3 is 5.97 Å². The van der Waals surface area contributed by atoms with E-state index in [1.807, 2.05) is 30.3 Å². The Morgan fingerprint density at radius 3 is 2.46 bits per heavy atom. The van der Waals surface area contributed by atoms with Crippen molar-refractivity contribution < 1.29 is 14.3 Å². The van der Waals surface area contributed by atoms with Gasteiger partial charge in [-0.2, -0.15) is 0 Å². The van der Waals surface area contributed by atoms with E-state index in [1.54, 1.807) is 49.4 Å². The van der Waals surface area contributed by atoms with Crippen LogP contribution in [0.4, 0.5) is 5.69 Å². The van der Waals surface area contributed by atoms with Gasteiger partial charge in [0.05, 0.1) is 29.5 Å². The van der Waals surface area contributed by atoms with E-state index in [9.17, 15) is 14.4 Å². The van der Waals surface area contributed by atoms with Gasteiger partial charge in [-0.25, -0.2) is 9.79 Å². The topological polar surface area (TPSA) is 89.8 Å². The first-order valence-corrected chi connectivity index (χ1v) is 13.6. The fraction of sp³-hybridized carbons (Fsp3) is 0.103. The van der Waals surface area contributed by atoms with E-state index in [0.29, 0.717) is 42.9 Å². The molecule has 0 bridgehead atoms. The number of amides is 1. The van der Waals surface area contributed by atoms with E-state index in [2.05, 4.69) is 5.32 Å². The van der Waals surface area contributed by atoms with Crippen LogP contribution in [0.25, 0.3) is 11.3 Å². The van der Waals surface area contributed by atoms with Crippen molar-refractivity contribution in [2.45, 2.75) is 13.0 Å². The van der Waals surface area contributed by atoms with Crippen molar-refractivity contribution in [2.75, 3.05) is 11.9 Å². The van der Waals surface area contributed by atoms with Crippen LogP contribution in [0.5, 0.6) is 0 Å². The van der Waals surface area contributed by atoms with E-state index < -0.39 is 23.5 Å². The van der Waals surface area contributed by atoms with E-state index >= 15 is 0 Å². The molecule has 0 aliphatic carbocycles. The molecule has 0 saturated carbocycles. The average molecular weight is 576 g/mol. The monoisotopic (exact) mass is 575 g/mol. The number of rotatable bonds is 4. The van der Waals surface area contributed by atoms with Gasteiger partial charge in [-0.05, 0) is 42.8 Å². The molecule has 6 rings (SSSR count). The van der Waals surface area contributed by atoms with Crippen molar-refractivity contribution in [3.05, 3.63) is 125 Å². The Kier molecular flexibility index (Phi) is 6.46. The fourth-order valence-corrected chi connectivity index (χ4v) is 6.21. The van der Waals surface area contributed by atoms with Crippen LogP contribution >= 0.6 is 34.5 Å². The first kappa shape index (κ1) is 25.3. The summed E-state index contributed by atoms with van der Waals surface area (Å²) in [4.78, 5) is 45.9. The first-order valence-electron chi connectivity index (χ1n) is 12.0. The third-order valence-corrected chi connectivity index (χ3v) is 8.03. The summed E-state index contributed by atoms with van der Waals surface area (Å²) in [6.45, 7) is 1.86. The van der Waals surface area contributed by atoms with Crippen LogP contribution in [0.15, 0.2) is 88.2 Å². The molecule has 39 heavy (non-hydrogen) atoms. The second kappa shape index (κ2) is 9.96. The minimum Gasteiger partial charge on any atom is -0.463 e. The second-order valence-electron chi connectivity index (χ2n) is 8.82. The first-order chi connectivity index (χ1) is 18.9. The van der Waals surface area contributed by atoms with Crippen molar-refractivity contribution in [1.82, 2.24) is 4.57 Å². The van der Waals surface area contributed by atoms with Crippen molar-refractivity contribution >= 4 is 63.4 Å². The molecule has 1 N–H and O–H groups in total. The normalized spacial score (nSPS) is 17.3. The van der Waals surface area contributed by atoms with Gasteiger partial charge in [0.1, 0.15) is 4.53 Å². The van der Waals surface area contributed by atoms with Crippen LogP contribution < -0.4 is 20.2 Å². The lowest BCUT2D eigenvalue weighted by Gasteiger charge is -2.26. The summed E-state index contributed by atoms with van der Waals surface area (Å²) in [7, 11) is 0. The molecule has 3 aromatic carbocycles. The Morgan fingerprint density at radius 1 is 1.03 bits per heavy atom. The lowest BCUT2D eigenvalue weighted by Crippen LogP contribution is -2.40. The van der Waals surface area contributed by atoms with Gasteiger partial charge in [-0.1, -0.05) is 77.0 Å². The van der Waals surface area contributed by atoms with E-state index in [1.165, 1.54) is 4.57 Å². The minimum absolute atomic E-state index is 0.143. The van der Waals surface area contributed by atoms with Gasteiger partial charge < -0.3 is 10.1 Å². The fourth-order valence-electron chi connectivity index (χ4n) is 4.82. The van der Waals surface area contributed by atoms with Crippen LogP contribution in [0, 0.1) is 0 Å². The maximum atomic E-state index is 14.1. The molecule has 10 heteroatoms. The number of nitrogens with zero attached hydrogens (tertiary/aromatic N) is 2. The number of aromatic nitrogens is 1. The average Bonchev–Trinajstić information content (AvgIpc) is 3.43. The number of halogens is 2. The highest BCUT2D eigenvalue weighted by molar-refractivity contribution is 7.07. The van der Waals surface area contributed by atoms with Crippen molar-refractivity contribution in [3.8, 4) is 0 Å². The Morgan fingerprint density at radius 2 is 1.74 bits per heavy atom. The molecule has 0 radical (unpaired) electrons. The number of ether oxygens (including phenoxy) is 1. The van der Waals surface area contributed by atoms with Gasteiger partial charge in [0.15, 0.2) is 4.80 Å². The van der Waals surface area contributed by atoms with Crippen LogP contribution in [-0.2, 0) is 14.3 Å². The maximum Gasteiger partial charge on any atom is 0.338 e. The van der Waals surface area contributed by atoms with Crippen molar-refractivity contribution in [1.29, 1.82) is 0 Å². The predicted octanol–water partition coefficient (Wildman–Crippen LogP) is 4.56. The molecular weight excluding hydrogens is 557 g/mol. The zero-order chi connectivity index (χ0) is 27.3. The molecule has 4 aromatic rings. The second-order valence-corrected chi connectivity index (χ2v) is 10.7. The number of thiazole rings is 1. The molecule has 0 fully saturated rings. The summed E-state index contributed by atoms with van der Waals surface area (Å²) in [5, 5.41) is 3.75. The molecule has 3 heterocycles. The summed E-state index contributed by atoms with van der Waals surface area (Å²) in [5.74, 6) is -0.998. The Balaban J connectivity index is 1.72. The molecule has 1 atom stereocenters. The van der Waals surface area contributed by atoms with Gasteiger partial charge in [-0.3, -0.25) is 14.2 Å². The summed E-state index contributed by atoms with van der Waals surface area (Å²) in [6, 6.07) is 20.3. The molecule has 7 nitrogen and oxygen atoms in total. The minimum atomic E-state index is -0.870. The molecule has 2 aliphatic rings. The number of carbonyl (C=O) groups excluding carboxylic acids is 2. The maximum absolute atomic E-state index is 14.1. The summed E-state index contributed by atoms with van der Waals surface area (Å²) >= 11 is 13.5. The number of hydrogen-bond acceptors (Lipinski definition) is 6. The molecule has 0 saturated heterocycles. The zero-order valence-electron chi connectivity index (χ0n) is 20.4. The number of fused-ring (bicyclic) bond motifs is 2. The molecule has 0 unspecified atom stereocenters. The molecule has 2 aliphatic heterocycles. The largest absolute Gasteiger partial charge is 0.463 e. The molecular formula is C29H19Cl2N3O4S. The SMILES string of the molecule is CCOC(=O)C1=C(c2ccccc2)N=c2s/c(=C3\C(=O)Nc4ccc(Cl)cc43)c(=O)n2[C@@H]1c1ccc(Cl)cc1. The quantitative estimate of drug-likeness (QED) is 0.361. The number of nitrogens with one attached hydrogen (secondary N) is 1. The lowest BCUT2D eigenvalue weighted by molar-refractivity contribution is -0.138. The summed E-state index contributed by atoms with van der Waals surface area (Å²) in [5.41, 5.74) is 2.81. The van der Waals surface area contributed by atoms with Gasteiger partial charge in [-0.15, -0.1) is 0 Å². The summed E-state index contributed by atoms with van der Waals surface area (Å²) < 4.78 is 7.12. The highest BCUT2D eigenvalue weighted by atomic mass is 35.5. The highest BCUT2D eigenvalue weighted by Crippen LogP contribution is 2.36. The molecule has 1 amide bonds. The Hall–Kier alpha value is -3.98. The molecule has 194 valence electrons. The third kappa shape index (κ3) is 4.30.